The van der Waals surface area contributed by atoms with Crippen LogP contribution in [-0.4, -0.2) is 17.9 Å². The molecule has 1 atom stereocenters. The predicted octanol–water partition coefficient (Wildman–Crippen LogP) is 3.31. The minimum atomic E-state index is -1.04. The highest BCUT2D eigenvalue weighted by Crippen LogP contribution is 2.28. The molecule has 6 heteroatoms. The van der Waals surface area contributed by atoms with Crippen LogP contribution in [0.15, 0.2) is 78.9 Å². The smallest absolute Gasteiger partial charge is 0.240 e. The van der Waals surface area contributed by atoms with Gasteiger partial charge >= 0.3 is 0 Å². The molecule has 3 aromatic rings. The quantitative estimate of drug-likeness (QED) is 0.645. The summed E-state index contributed by atoms with van der Waals surface area (Å²) in [6.45, 7) is 0. The molecular formula is C23H20F2N2O2. The largest absolute Gasteiger partial charge is 0.368 e. The van der Waals surface area contributed by atoms with Gasteiger partial charge in [0.1, 0.15) is 17.7 Å². The maximum absolute atomic E-state index is 13.4. The van der Waals surface area contributed by atoms with Gasteiger partial charge in [0.15, 0.2) is 0 Å². The standard InChI is InChI=1S/C23H20F2N2O2/c24-18-11-15(12-19(25)14-18)13-20(28)27-22(23(26)29)21(16-7-3-1-4-8-16)17-9-5-2-6-10-17/h1-12,14,21-22H,13H2,(H2,26,29)(H,27,28)/t22-/m0/s1. The van der Waals surface area contributed by atoms with E-state index in [0.29, 0.717) is 0 Å². The summed E-state index contributed by atoms with van der Waals surface area (Å²) in [5.74, 6) is -3.32. The minimum absolute atomic E-state index is 0.166. The number of nitrogens with two attached hydrogens (primary N) is 1. The number of primary amides is 1. The number of hydrogen-bond acceptors (Lipinski definition) is 2. The lowest BCUT2D eigenvalue weighted by molar-refractivity contribution is -0.127. The first-order valence-corrected chi connectivity index (χ1v) is 9.07. The van der Waals surface area contributed by atoms with E-state index in [-0.39, 0.29) is 12.0 Å². The molecule has 0 aliphatic rings. The summed E-state index contributed by atoms with van der Waals surface area (Å²) in [4.78, 5) is 24.8. The Morgan fingerprint density at radius 1 is 0.828 bits per heavy atom. The van der Waals surface area contributed by atoms with Crippen molar-refractivity contribution in [3.05, 3.63) is 107 Å². The van der Waals surface area contributed by atoms with Gasteiger partial charge in [-0.2, -0.15) is 0 Å². The number of benzene rings is 3. The Morgan fingerprint density at radius 2 is 1.31 bits per heavy atom. The lowest BCUT2D eigenvalue weighted by Crippen LogP contribution is -2.49. The van der Waals surface area contributed by atoms with Crippen molar-refractivity contribution in [2.45, 2.75) is 18.4 Å². The summed E-state index contributed by atoms with van der Waals surface area (Å²) >= 11 is 0. The lowest BCUT2D eigenvalue weighted by Gasteiger charge is -2.27. The summed E-state index contributed by atoms with van der Waals surface area (Å²) < 4.78 is 26.8. The highest BCUT2D eigenvalue weighted by Gasteiger charge is 2.30. The molecule has 148 valence electrons. The second kappa shape index (κ2) is 9.10. The van der Waals surface area contributed by atoms with E-state index in [4.69, 9.17) is 5.73 Å². The van der Waals surface area contributed by atoms with E-state index in [2.05, 4.69) is 5.32 Å². The summed E-state index contributed by atoms with van der Waals surface area (Å²) in [5, 5.41) is 2.64. The third kappa shape index (κ3) is 5.25. The maximum atomic E-state index is 13.4. The van der Waals surface area contributed by atoms with Crippen LogP contribution in [-0.2, 0) is 16.0 Å². The van der Waals surface area contributed by atoms with E-state index in [1.54, 1.807) is 0 Å². The lowest BCUT2D eigenvalue weighted by atomic mass is 9.84. The number of amides is 2. The molecular weight excluding hydrogens is 374 g/mol. The van der Waals surface area contributed by atoms with E-state index in [0.717, 1.165) is 29.3 Å². The minimum Gasteiger partial charge on any atom is -0.368 e. The van der Waals surface area contributed by atoms with Crippen molar-refractivity contribution in [2.75, 3.05) is 0 Å². The SMILES string of the molecule is NC(=O)[C@@H](NC(=O)Cc1cc(F)cc(F)c1)C(c1ccccc1)c1ccccc1. The summed E-state index contributed by atoms with van der Waals surface area (Å²) in [6.07, 6.45) is -0.283. The monoisotopic (exact) mass is 394 g/mol. The third-order valence-electron chi connectivity index (χ3n) is 4.56. The van der Waals surface area contributed by atoms with Crippen LogP contribution >= 0.6 is 0 Å². The second-order valence-electron chi connectivity index (χ2n) is 6.70. The number of halogens is 2. The van der Waals surface area contributed by atoms with Crippen molar-refractivity contribution >= 4 is 11.8 Å². The zero-order valence-electron chi connectivity index (χ0n) is 15.5. The maximum Gasteiger partial charge on any atom is 0.240 e. The predicted molar refractivity (Wildman–Crippen MR) is 106 cm³/mol. The molecule has 0 spiro atoms. The van der Waals surface area contributed by atoms with Gasteiger partial charge in [0, 0.05) is 12.0 Å². The van der Waals surface area contributed by atoms with Crippen molar-refractivity contribution in [2.24, 2.45) is 5.73 Å². The Kier molecular flexibility index (Phi) is 6.34. The van der Waals surface area contributed by atoms with Crippen LogP contribution in [0, 0.1) is 11.6 Å². The average Bonchev–Trinajstić information content (AvgIpc) is 2.68. The van der Waals surface area contributed by atoms with Gasteiger partial charge in [0.05, 0.1) is 6.42 Å². The zero-order chi connectivity index (χ0) is 20.8. The second-order valence-corrected chi connectivity index (χ2v) is 6.70. The number of hydrogen-bond donors (Lipinski definition) is 2. The van der Waals surface area contributed by atoms with Crippen LogP contribution in [0.2, 0.25) is 0 Å². The van der Waals surface area contributed by atoms with Crippen molar-refractivity contribution in [3.63, 3.8) is 0 Å². The van der Waals surface area contributed by atoms with Crippen molar-refractivity contribution in [1.29, 1.82) is 0 Å². The van der Waals surface area contributed by atoms with E-state index in [1.807, 2.05) is 60.7 Å². The molecule has 29 heavy (non-hydrogen) atoms. The first-order chi connectivity index (χ1) is 13.9. The highest BCUT2D eigenvalue weighted by molar-refractivity contribution is 5.88. The number of carbonyl (C=O) groups excluding carboxylic acids is 2. The summed E-state index contributed by atoms with van der Waals surface area (Å²) in [7, 11) is 0. The van der Waals surface area contributed by atoms with Crippen molar-refractivity contribution in [1.82, 2.24) is 5.32 Å². The van der Waals surface area contributed by atoms with E-state index >= 15 is 0 Å². The van der Waals surface area contributed by atoms with Gasteiger partial charge in [0.25, 0.3) is 0 Å². The van der Waals surface area contributed by atoms with Crippen LogP contribution in [0.4, 0.5) is 8.78 Å². The van der Waals surface area contributed by atoms with Gasteiger partial charge < -0.3 is 11.1 Å². The highest BCUT2D eigenvalue weighted by atomic mass is 19.1. The molecule has 0 fully saturated rings. The van der Waals surface area contributed by atoms with E-state index < -0.39 is 35.4 Å². The first-order valence-electron chi connectivity index (χ1n) is 9.07. The topological polar surface area (TPSA) is 72.2 Å². The molecule has 3 aromatic carbocycles. The fraction of sp³-hybridized carbons (Fsp3) is 0.130. The fourth-order valence-corrected chi connectivity index (χ4v) is 3.34. The number of carbonyl (C=O) groups is 2. The Labute approximate surface area is 167 Å². The summed E-state index contributed by atoms with van der Waals surface area (Å²) in [6, 6.07) is 20.3. The molecule has 4 nitrogen and oxygen atoms in total. The molecule has 3 N–H and O–H groups in total. The molecule has 0 aliphatic heterocycles. The molecule has 2 amide bonds. The molecule has 3 rings (SSSR count). The van der Waals surface area contributed by atoms with Gasteiger partial charge in [-0.1, -0.05) is 60.7 Å². The van der Waals surface area contributed by atoms with Gasteiger partial charge in [-0.15, -0.1) is 0 Å². The normalized spacial score (nSPS) is 11.8. The van der Waals surface area contributed by atoms with Crippen molar-refractivity contribution < 1.29 is 18.4 Å². The number of rotatable bonds is 7. The molecule has 0 heterocycles. The molecule has 0 unspecified atom stereocenters. The Bertz CT molecular complexity index is 935. The van der Waals surface area contributed by atoms with Gasteiger partial charge in [-0.25, -0.2) is 8.78 Å². The average molecular weight is 394 g/mol. The van der Waals surface area contributed by atoms with Gasteiger partial charge in [-0.3, -0.25) is 9.59 Å². The van der Waals surface area contributed by atoms with Crippen LogP contribution in [0.5, 0.6) is 0 Å². The molecule has 0 bridgehead atoms. The molecule has 0 saturated heterocycles. The van der Waals surface area contributed by atoms with Crippen LogP contribution < -0.4 is 11.1 Å². The Morgan fingerprint density at radius 3 is 1.76 bits per heavy atom. The summed E-state index contributed by atoms with van der Waals surface area (Å²) in [5.41, 5.74) is 7.40. The molecule has 0 radical (unpaired) electrons. The third-order valence-corrected chi connectivity index (χ3v) is 4.56. The Hall–Kier alpha value is -3.54. The van der Waals surface area contributed by atoms with Crippen LogP contribution in [0.3, 0.4) is 0 Å². The van der Waals surface area contributed by atoms with E-state index in [1.165, 1.54) is 0 Å². The molecule has 0 aromatic heterocycles. The Balaban J connectivity index is 1.89. The van der Waals surface area contributed by atoms with Crippen molar-refractivity contribution in [3.8, 4) is 0 Å². The van der Waals surface area contributed by atoms with Gasteiger partial charge in [0.2, 0.25) is 11.8 Å². The van der Waals surface area contributed by atoms with Gasteiger partial charge in [-0.05, 0) is 28.8 Å². The van der Waals surface area contributed by atoms with Crippen LogP contribution in [0.25, 0.3) is 0 Å². The zero-order valence-corrected chi connectivity index (χ0v) is 15.5. The molecule has 0 saturated carbocycles. The number of nitrogens with one attached hydrogen (secondary N) is 1. The van der Waals surface area contributed by atoms with E-state index in [9.17, 15) is 18.4 Å². The molecule has 0 aliphatic carbocycles. The fourth-order valence-electron chi connectivity index (χ4n) is 3.34. The first kappa shape index (κ1) is 20.2. The van der Waals surface area contributed by atoms with Crippen LogP contribution in [0.1, 0.15) is 22.6 Å².